The summed E-state index contributed by atoms with van der Waals surface area (Å²) in [7, 11) is 4.04. The second-order valence-corrected chi connectivity index (χ2v) is 9.00. The van der Waals surface area contributed by atoms with Crippen LogP contribution in [-0.2, 0) is 4.74 Å². The topological polar surface area (TPSA) is 40.1 Å². The zero-order valence-electron chi connectivity index (χ0n) is 17.9. The lowest BCUT2D eigenvalue weighted by Crippen LogP contribution is -2.53. The highest BCUT2D eigenvalue weighted by Crippen LogP contribution is 2.39. The number of rotatable bonds is 5. The van der Waals surface area contributed by atoms with E-state index in [-0.39, 0.29) is 24.8 Å². The molecule has 8 heteroatoms. The predicted octanol–water partition coefficient (Wildman–Crippen LogP) is 5.47. The van der Waals surface area contributed by atoms with Gasteiger partial charge in [0.25, 0.3) is 0 Å². The van der Waals surface area contributed by atoms with E-state index in [0.29, 0.717) is 6.04 Å². The number of para-hydroxylation sites is 2. The van der Waals surface area contributed by atoms with Crippen molar-refractivity contribution in [2.45, 2.75) is 32.2 Å². The molecule has 30 heavy (non-hydrogen) atoms. The maximum Gasteiger partial charge on any atom is 0.139 e. The summed E-state index contributed by atoms with van der Waals surface area (Å²) in [6.45, 7) is 6.14. The molecular formula is C22H32Cl2N4OS. The van der Waals surface area contributed by atoms with E-state index in [1.807, 2.05) is 11.3 Å². The highest BCUT2D eigenvalue weighted by Gasteiger charge is 2.29. The average Bonchev–Trinajstić information content (AvgIpc) is 2.98. The third-order valence-electron chi connectivity index (χ3n) is 5.69. The number of likely N-dealkylation sites (N-methyl/N-ethyl adjacent to an activating group) is 1. The zero-order valence-corrected chi connectivity index (χ0v) is 20.3. The fourth-order valence-electron chi connectivity index (χ4n) is 4.06. The van der Waals surface area contributed by atoms with Gasteiger partial charge < -0.3 is 15.0 Å². The number of amidine groups is 1. The van der Waals surface area contributed by atoms with Crippen molar-refractivity contribution in [1.29, 1.82) is 0 Å². The van der Waals surface area contributed by atoms with Crippen molar-refractivity contribution in [1.82, 2.24) is 9.80 Å². The van der Waals surface area contributed by atoms with E-state index < -0.39 is 0 Å². The molecule has 0 amide bonds. The summed E-state index contributed by atoms with van der Waals surface area (Å²) < 4.78 is 5.21. The number of hydrogen-bond acceptors (Lipinski definition) is 6. The van der Waals surface area contributed by atoms with Crippen LogP contribution in [0.15, 0.2) is 35.3 Å². The van der Waals surface area contributed by atoms with Gasteiger partial charge in [0.1, 0.15) is 10.8 Å². The van der Waals surface area contributed by atoms with Gasteiger partial charge in [-0.2, -0.15) is 0 Å². The number of ether oxygens (including phenoxy) is 1. The summed E-state index contributed by atoms with van der Waals surface area (Å²) in [5, 5.41) is 4.82. The first kappa shape index (κ1) is 25.0. The van der Waals surface area contributed by atoms with Crippen LogP contribution in [0.4, 0.5) is 16.4 Å². The quantitative estimate of drug-likeness (QED) is 0.588. The SMILES string of the molecule is COCCCC[C@H]1CN(C2=Nc3ccccc3Nc3sc(C)cc32)CCN1C.Cl.Cl. The van der Waals surface area contributed by atoms with Gasteiger partial charge in [0.2, 0.25) is 0 Å². The molecule has 0 aliphatic carbocycles. The number of halogens is 2. The fourth-order valence-corrected chi connectivity index (χ4v) is 4.98. The molecule has 1 aromatic heterocycles. The third-order valence-corrected chi connectivity index (χ3v) is 6.65. The molecule has 0 saturated carbocycles. The number of benzene rings is 1. The lowest BCUT2D eigenvalue weighted by Gasteiger charge is -2.41. The molecule has 1 atom stereocenters. The van der Waals surface area contributed by atoms with E-state index in [9.17, 15) is 0 Å². The van der Waals surface area contributed by atoms with E-state index in [0.717, 1.165) is 49.9 Å². The van der Waals surface area contributed by atoms with Crippen molar-refractivity contribution < 1.29 is 4.74 Å². The van der Waals surface area contributed by atoms with Gasteiger partial charge in [-0.3, -0.25) is 4.90 Å². The number of methoxy groups -OCH3 is 1. The highest BCUT2D eigenvalue weighted by atomic mass is 35.5. The van der Waals surface area contributed by atoms with Crippen molar-refractivity contribution in [2.24, 2.45) is 4.99 Å². The van der Waals surface area contributed by atoms with Crippen LogP contribution >= 0.6 is 36.2 Å². The van der Waals surface area contributed by atoms with Crippen LogP contribution in [0.1, 0.15) is 29.7 Å². The Morgan fingerprint density at radius 1 is 1.20 bits per heavy atom. The molecule has 4 rings (SSSR count). The number of nitrogens with zero attached hydrogens (tertiary/aromatic N) is 3. The lowest BCUT2D eigenvalue weighted by molar-refractivity contribution is 0.127. The maximum absolute atomic E-state index is 5.21. The van der Waals surface area contributed by atoms with Gasteiger partial charge in [-0.1, -0.05) is 12.1 Å². The minimum absolute atomic E-state index is 0. The van der Waals surface area contributed by atoms with Gasteiger partial charge in [0, 0.05) is 44.3 Å². The normalized spacial score (nSPS) is 18.2. The van der Waals surface area contributed by atoms with E-state index >= 15 is 0 Å². The third kappa shape index (κ3) is 5.48. The molecule has 1 aromatic carbocycles. The monoisotopic (exact) mass is 470 g/mol. The van der Waals surface area contributed by atoms with Crippen LogP contribution in [0.2, 0.25) is 0 Å². The summed E-state index contributed by atoms with van der Waals surface area (Å²) in [4.78, 5) is 11.5. The summed E-state index contributed by atoms with van der Waals surface area (Å²) in [6, 6.07) is 11.2. The zero-order chi connectivity index (χ0) is 19.5. The van der Waals surface area contributed by atoms with Crippen molar-refractivity contribution in [3.63, 3.8) is 0 Å². The molecule has 0 spiro atoms. The Morgan fingerprint density at radius 3 is 2.80 bits per heavy atom. The van der Waals surface area contributed by atoms with Gasteiger partial charge in [-0.25, -0.2) is 4.99 Å². The first-order valence-electron chi connectivity index (χ1n) is 10.2. The fraction of sp³-hybridized carbons (Fsp3) is 0.500. The minimum Gasteiger partial charge on any atom is -0.385 e. The summed E-state index contributed by atoms with van der Waals surface area (Å²) in [5.74, 6) is 1.12. The second kappa shape index (κ2) is 11.3. The Labute approximate surface area is 196 Å². The molecule has 1 N–H and O–H groups in total. The Kier molecular flexibility index (Phi) is 9.44. The average molecular weight is 471 g/mol. The van der Waals surface area contributed by atoms with Crippen LogP contribution < -0.4 is 5.32 Å². The molecule has 2 aliphatic rings. The van der Waals surface area contributed by atoms with Crippen LogP contribution in [0.25, 0.3) is 0 Å². The number of fused-ring (bicyclic) bond motifs is 2. The van der Waals surface area contributed by atoms with Crippen LogP contribution in [0.5, 0.6) is 0 Å². The molecule has 1 saturated heterocycles. The molecule has 0 radical (unpaired) electrons. The van der Waals surface area contributed by atoms with E-state index in [4.69, 9.17) is 9.73 Å². The van der Waals surface area contributed by atoms with Gasteiger partial charge in [0.05, 0.1) is 16.9 Å². The molecule has 1 fully saturated rings. The number of aryl methyl sites for hydroxylation is 1. The Morgan fingerprint density at radius 2 is 2.00 bits per heavy atom. The largest absolute Gasteiger partial charge is 0.385 e. The highest BCUT2D eigenvalue weighted by molar-refractivity contribution is 7.16. The molecular weight excluding hydrogens is 439 g/mol. The number of hydrogen-bond donors (Lipinski definition) is 1. The number of nitrogens with one attached hydrogen (secondary N) is 1. The second-order valence-electron chi connectivity index (χ2n) is 7.75. The Balaban J connectivity index is 0.00000160. The van der Waals surface area contributed by atoms with E-state index in [2.05, 4.69) is 59.4 Å². The number of anilines is 2. The standard InChI is InChI=1S/C22H30N4OS.2ClH/c1-16-14-18-21(23-19-9-4-5-10-20(19)24-22(18)28-16)26-12-11-25(2)17(15-26)8-6-7-13-27-3;;/h4-5,9-10,14,17,24H,6-8,11-13,15H2,1-3H3;2*1H/t17-;;/m0../s1. The van der Waals surface area contributed by atoms with Crippen molar-refractivity contribution >= 4 is 58.4 Å². The summed E-state index contributed by atoms with van der Waals surface area (Å²) in [5.41, 5.74) is 3.35. The first-order valence-corrected chi connectivity index (χ1v) is 11.0. The number of thiophene rings is 1. The molecule has 2 aliphatic heterocycles. The molecule has 2 aromatic rings. The van der Waals surface area contributed by atoms with E-state index in [1.165, 1.54) is 28.3 Å². The Bertz CT molecular complexity index is 857. The number of aliphatic imine (C=N–C) groups is 1. The van der Waals surface area contributed by atoms with Gasteiger partial charge in [-0.05, 0) is 51.4 Å². The molecule has 0 unspecified atom stereocenters. The molecule has 5 nitrogen and oxygen atoms in total. The first-order chi connectivity index (χ1) is 13.7. The van der Waals surface area contributed by atoms with Crippen molar-refractivity contribution in [2.75, 3.05) is 45.7 Å². The lowest BCUT2D eigenvalue weighted by atomic mass is 10.0. The van der Waals surface area contributed by atoms with Gasteiger partial charge in [0.15, 0.2) is 0 Å². The van der Waals surface area contributed by atoms with Crippen molar-refractivity contribution in [3.05, 3.63) is 40.8 Å². The molecule has 3 heterocycles. The van der Waals surface area contributed by atoms with Crippen LogP contribution in [0.3, 0.4) is 0 Å². The molecule has 166 valence electrons. The van der Waals surface area contributed by atoms with Crippen molar-refractivity contribution in [3.8, 4) is 0 Å². The van der Waals surface area contributed by atoms with Gasteiger partial charge >= 0.3 is 0 Å². The number of unbranched alkanes of at least 4 members (excludes halogenated alkanes) is 1. The summed E-state index contributed by atoms with van der Waals surface area (Å²) >= 11 is 1.81. The predicted molar refractivity (Wildman–Crippen MR) is 133 cm³/mol. The molecule has 0 bridgehead atoms. The van der Waals surface area contributed by atoms with Crippen LogP contribution in [0, 0.1) is 6.92 Å². The maximum atomic E-state index is 5.21. The van der Waals surface area contributed by atoms with E-state index in [1.54, 1.807) is 7.11 Å². The smallest absolute Gasteiger partial charge is 0.139 e. The Hall–Kier alpha value is -1.31. The van der Waals surface area contributed by atoms with Crippen LogP contribution in [-0.4, -0.2) is 62.1 Å². The number of piperazine rings is 1. The van der Waals surface area contributed by atoms with Gasteiger partial charge in [-0.15, -0.1) is 36.2 Å². The minimum atomic E-state index is 0. The summed E-state index contributed by atoms with van der Waals surface area (Å²) in [6.07, 6.45) is 3.54.